The van der Waals surface area contributed by atoms with Crippen LogP contribution in [0.15, 0.2) is 0 Å². The number of aromatic nitrogens is 1. The third-order valence-corrected chi connectivity index (χ3v) is 4.63. The van der Waals surface area contributed by atoms with Crippen LogP contribution in [-0.4, -0.2) is 47.8 Å². The summed E-state index contributed by atoms with van der Waals surface area (Å²) in [6.45, 7) is 3.41. The van der Waals surface area contributed by atoms with Gasteiger partial charge in [0, 0.05) is 20.1 Å². The van der Waals surface area contributed by atoms with Gasteiger partial charge in [0.2, 0.25) is 0 Å². The Balaban J connectivity index is 2.07. The SMILES string of the molecule is COCCc1nc(C(=O)O)c(CN2CCCCCC2)s1. The topological polar surface area (TPSA) is 62.7 Å². The van der Waals surface area contributed by atoms with Gasteiger partial charge in [0.05, 0.1) is 16.5 Å². The molecule has 1 aromatic rings. The zero-order valence-electron chi connectivity index (χ0n) is 11.9. The van der Waals surface area contributed by atoms with E-state index >= 15 is 0 Å². The zero-order valence-corrected chi connectivity index (χ0v) is 12.7. The van der Waals surface area contributed by atoms with Crippen molar-refractivity contribution in [2.45, 2.75) is 38.6 Å². The van der Waals surface area contributed by atoms with Gasteiger partial charge in [-0.25, -0.2) is 9.78 Å². The Hall–Kier alpha value is -0.980. The summed E-state index contributed by atoms with van der Waals surface area (Å²) in [6.07, 6.45) is 5.66. The average Bonchev–Trinajstić information content (AvgIpc) is 2.64. The predicted octanol–water partition coefficient (Wildman–Crippen LogP) is 2.41. The normalized spacial score (nSPS) is 17.1. The summed E-state index contributed by atoms with van der Waals surface area (Å²) in [5.74, 6) is -0.922. The van der Waals surface area contributed by atoms with Gasteiger partial charge in [-0.1, -0.05) is 12.8 Å². The first-order chi connectivity index (χ1) is 9.70. The van der Waals surface area contributed by atoms with Crippen LogP contribution < -0.4 is 0 Å². The lowest BCUT2D eigenvalue weighted by Gasteiger charge is -2.18. The molecule has 0 aliphatic carbocycles. The highest BCUT2D eigenvalue weighted by molar-refractivity contribution is 7.11. The van der Waals surface area contributed by atoms with Gasteiger partial charge < -0.3 is 9.84 Å². The van der Waals surface area contributed by atoms with Gasteiger partial charge >= 0.3 is 5.97 Å². The number of carbonyl (C=O) groups is 1. The Bertz CT molecular complexity index is 440. The van der Waals surface area contributed by atoms with Crippen molar-refractivity contribution in [3.05, 3.63) is 15.6 Å². The maximum atomic E-state index is 11.3. The average molecular weight is 298 g/mol. The van der Waals surface area contributed by atoms with Crippen LogP contribution in [0.2, 0.25) is 0 Å². The lowest BCUT2D eigenvalue weighted by Crippen LogP contribution is -2.24. The fraction of sp³-hybridized carbons (Fsp3) is 0.714. The molecule has 5 nitrogen and oxygen atoms in total. The molecule has 1 aliphatic rings. The van der Waals surface area contributed by atoms with Crippen LogP contribution >= 0.6 is 11.3 Å². The minimum Gasteiger partial charge on any atom is -0.476 e. The van der Waals surface area contributed by atoms with Gasteiger partial charge in [-0.15, -0.1) is 11.3 Å². The zero-order chi connectivity index (χ0) is 14.4. The molecule has 0 aromatic carbocycles. The van der Waals surface area contributed by atoms with E-state index in [9.17, 15) is 9.90 Å². The molecule has 0 amide bonds. The molecule has 2 heterocycles. The second-order valence-corrected chi connectivity index (χ2v) is 6.29. The lowest BCUT2D eigenvalue weighted by atomic mass is 10.2. The van der Waals surface area contributed by atoms with Crippen LogP contribution in [0.5, 0.6) is 0 Å². The maximum Gasteiger partial charge on any atom is 0.355 e. The molecule has 2 rings (SSSR count). The Morgan fingerprint density at radius 2 is 2.05 bits per heavy atom. The number of ether oxygens (including phenoxy) is 1. The molecule has 1 saturated heterocycles. The minimum absolute atomic E-state index is 0.227. The molecular formula is C14H22N2O3S. The van der Waals surface area contributed by atoms with Crippen molar-refractivity contribution in [1.82, 2.24) is 9.88 Å². The molecule has 0 saturated carbocycles. The quantitative estimate of drug-likeness (QED) is 0.874. The standard InChI is InChI=1S/C14H22N2O3S/c1-19-9-6-12-15-13(14(17)18)11(20-12)10-16-7-4-2-3-5-8-16/h2-10H2,1H3,(H,17,18). The van der Waals surface area contributed by atoms with Crippen LogP contribution in [-0.2, 0) is 17.7 Å². The molecule has 112 valence electrons. The number of likely N-dealkylation sites (tertiary alicyclic amines) is 1. The molecule has 1 aliphatic heterocycles. The molecule has 1 aromatic heterocycles. The van der Waals surface area contributed by atoms with Crippen molar-refractivity contribution in [2.75, 3.05) is 26.8 Å². The molecule has 6 heteroatoms. The second kappa shape index (κ2) is 7.71. The van der Waals surface area contributed by atoms with Crippen LogP contribution in [0, 0.1) is 0 Å². The van der Waals surface area contributed by atoms with Crippen LogP contribution in [0.25, 0.3) is 0 Å². The molecule has 0 spiro atoms. The molecule has 0 atom stereocenters. The summed E-state index contributed by atoms with van der Waals surface area (Å²) < 4.78 is 5.03. The molecule has 1 N–H and O–H groups in total. The van der Waals surface area contributed by atoms with E-state index in [0.29, 0.717) is 19.6 Å². The smallest absolute Gasteiger partial charge is 0.355 e. The monoisotopic (exact) mass is 298 g/mol. The Labute approximate surface area is 123 Å². The Kier molecular flexibility index (Phi) is 5.94. The van der Waals surface area contributed by atoms with Crippen LogP contribution in [0.1, 0.15) is 46.1 Å². The second-order valence-electron chi connectivity index (χ2n) is 5.12. The van der Waals surface area contributed by atoms with Crippen molar-refractivity contribution in [1.29, 1.82) is 0 Å². The first-order valence-electron chi connectivity index (χ1n) is 7.14. The summed E-state index contributed by atoms with van der Waals surface area (Å²) >= 11 is 1.51. The number of aromatic carboxylic acids is 1. The van der Waals surface area contributed by atoms with Crippen molar-refractivity contribution in [3.63, 3.8) is 0 Å². The molecule has 0 unspecified atom stereocenters. The predicted molar refractivity (Wildman–Crippen MR) is 78.4 cm³/mol. The maximum absolute atomic E-state index is 11.3. The van der Waals surface area contributed by atoms with E-state index in [4.69, 9.17) is 4.74 Å². The van der Waals surface area contributed by atoms with Crippen molar-refractivity contribution in [2.24, 2.45) is 0 Å². The third-order valence-electron chi connectivity index (χ3n) is 3.53. The van der Waals surface area contributed by atoms with Gasteiger partial charge in [0.15, 0.2) is 5.69 Å². The highest BCUT2D eigenvalue weighted by Gasteiger charge is 2.20. The third kappa shape index (κ3) is 4.26. The van der Waals surface area contributed by atoms with Crippen molar-refractivity contribution < 1.29 is 14.6 Å². The summed E-state index contributed by atoms with van der Waals surface area (Å²) in [7, 11) is 1.64. The van der Waals surface area contributed by atoms with Gasteiger partial charge in [-0.2, -0.15) is 0 Å². The summed E-state index contributed by atoms with van der Waals surface area (Å²) in [5, 5.41) is 10.1. The van der Waals surface area contributed by atoms with E-state index < -0.39 is 5.97 Å². The minimum atomic E-state index is -0.922. The van der Waals surface area contributed by atoms with E-state index in [2.05, 4.69) is 9.88 Å². The van der Waals surface area contributed by atoms with E-state index in [1.54, 1.807) is 7.11 Å². The van der Waals surface area contributed by atoms with E-state index in [1.807, 2.05) is 0 Å². The highest BCUT2D eigenvalue weighted by atomic mass is 32.1. The van der Waals surface area contributed by atoms with Crippen LogP contribution in [0.4, 0.5) is 0 Å². The van der Waals surface area contributed by atoms with E-state index in [1.165, 1.54) is 37.0 Å². The lowest BCUT2D eigenvalue weighted by molar-refractivity contribution is 0.0688. The van der Waals surface area contributed by atoms with Crippen molar-refractivity contribution >= 4 is 17.3 Å². The Morgan fingerprint density at radius 1 is 1.35 bits per heavy atom. The van der Waals surface area contributed by atoms with Gasteiger partial charge in [0.25, 0.3) is 0 Å². The molecule has 0 bridgehead atoms. The number of methoxy groups -OCH3 is 1. The van der Waals surface area contributed by atoms with Gasteiger partial charge in [0.1, 0.15) is 0 Å². The summed E-state index contributed by atoms with van der Waals surface area (Å²) in [5.41, 5.74) is 0.227. The fourth-order valence-electron chi connectivity index (χ4n) is 2.47. The number of thiazole rings is 1. The number of nitrogens with zero attached hydrogens (tertiary/aromatic N) is 2. The largest absolute Gasteiger partial charge is 0.476 e. The van der Waals surface area contributed by atoms with E-state index in [0.717, 1.165) is 23.0 Å². The first kappa shape index (κ1) is 15.4. The van der Waals surface area contributed by atoms with Gasteiger partial charge in [-0.3, -0.25) is 4.90 Å². The fourth-order valence-corrected chi connectivity index (χ4v) is 3.55. The number of hydrogen-bond donors (Lipinski definition) is 1. The first-order valence-corrected chi connectivity index (χ1v) is 7.95. The molecule has 1 fully saturated rings. The molecular weight excluding hydrogens is 276 g/mol. The van der Waals surface area contributed by atoms with Crippen LogP contribution in [0.3, 0.4) is 0 Å². The molecule has 0 radical (unpaired) electrons. The van der Waals surface area contributed by atoms with Gasteiger partial charge in [-0.05, 0) is 25.9 Å². The number of rotatable bonds is 6. The summed E-state index contributed by atoms with van der Waals surface area (Å²) in [4.78, 5) is 18.8. The number of hydrogen-bond acceptors (Lipinski definition) is 5. The highest BCUT2D eigenvalue weighted by Crippen LogP contribution is 2.23. The Morgan fingerprint density at radius 3 is 2.65 bits per heavy atom. The number of carboxylic acid groups (broad SMARTS) is 1. The van der Waals surface area contributed by atoms with Crippen molar-refractivity contribution in [3.8, 4) is 0 Å². The number of carboxylic acids is 1. The summed E-state index contributed by atoms with van der Waals surface area (Å²) in [6, 6.07) is 0. The molecule has 20 heavy (non-hydrogen) atoms. The van der Waals surface area contributed by atoms with E-state index in [-0.39, 0.29) is 5.69 Å².